The van der Waals surface area contributed by atoms with E-state index in [9.17, 15) is 0 Å². The SMILES string of the molecule is Cc1cc(OC[C@@H](C)N)ccc1Cl. The monoisotopic (exact) mass is 199 g/mol. The first-order chi connectivity index (χ1) is 6.09. The molecule has 1 aromatic carbocycles. The van der Waals surface area contributed by atoms with Gasteiger partial charge >= 0.3 is 0 Å². The van der Waals surface area contributed by atoms with Crippen LogP contribution in [0.2, 0.25) is 5.02 Å². The molecule has 2 N–H and O–H groups in total. The molecule has 0 aliphatic carbocycles. The van der Waals surface area contributed by atoms with E-state index in [4.69, 9.17) is 22.1 Å². The van der Waals surface area contributed by atoms with E-state index < -0.39 is 0 Å². The van der Waals surface area contributed by atoms with Gasteiger partial charge in [0.2, 0.25) is 0 Å². The van der Waals surface area contributed by atoms with Crippen LogP contribution in [0.4, 0.5) is 0 Å². The average molecular weight is 200 g/mol. The Labute approximate surface area is 83.6 Å². The van der Waals surface area contributed by atoms with Gasteiger partial charge < -0.3 is 10.5 Å². The third-order valence-electron chi connectivity index (χ3n) is 1.64. The van der Waals surface area contributed by atoms with Crippen molar-refractivity contribution in [2.45, 2.75) is 19.9 Å². The Balaban J connectivity index is 2.63. The summed E-state index contributed by atoms with van der Waals surface area (Å²) in [5.74, 6) is 0.819. The average Bonchev–Trinajstić information content (AvgIpc) is 2.07. The summed E-state index contributed by atoms with van der Waals surface area (Å²) in [5.41, 5.74) is 6.57. The number of hydrogen-bond acceptors (Lipinski definition) is 2. The Kier molecular flexibility index (Phi) is 3.58. The lowest BCUT2D eigenvalue weighted by Gasteiger charge is -2.09. The number of nitrogens with two attached hydrogens (primary N) is 1. The molecular formula is C10H14ClNO. The van der Waals surface area contributed by atoms with E-state index in [-0.39, 0.29) is 6.04 Å². The number of rotatable bonds is 3. The molecule has 3 heteroatoms. The molecule has 0 radical (unpaired) electrons. The van der Waals surface area contributed by atoms with Crippen LogP contribution >= 0.6 is 11.6 Å². The minimum atomic E-state index is 0.0518. The fourth-order valence-electron chi connectivity index (χ4n) is 0.935. The lowest BCUT2D eigenvalue weighted by molar-refractivity contribution is 0.296. The van der Waals surface area contributed by atoms with Gasteiger partial charge in [0.25, 0.3) is 0 Å². The predicted molar refractivity (Wildman–Crippen MR) is 55.3 cm³/mol. The standard InChI is InChI=1S/C10H14ClNO/c1-7-5-9(3-4-10(7)11)13-6-8(2)12/h3-5,8H,6,12H2,1-2H3/t8-/m1/s1. The molecule has 0 saturated carbocycles. The van der Waals surface area contributed by atoms with Crippen molar-refractivity contribution in [1.82, 2.24) is 0 Å². The van der Waals surface area contributed by atoms with E-state index in [1.54, 1.807) is 0 Å². The molecule has 0 aliphatic heterocycles. The fraction of sp³-hybridized carbons (Fsp3) is 0.400. The van der Waals surface area contributed by atoms with Crippen molar-refractivity contribution in [3.8, 4) is 5.75 Å². The molecule has 0 saturated heterocycles. The molecule has 0 unspecified atom stereocenters. The Morgan fingerprint density at radius 3 is 2.77 bits per heavy atom. The quantitative estimate of drug-likeness (QED) is 0.812. The zero-order chi connectivity index (χ0) is 9.84. The Morgan fingerprint density at radius 1 is 1.54 bits per heavy atom. The van der Waals surface area contributed by atoms with Gasteiger partial charge in [-0.05, 0) is 37.6 Å². The lowest BCUT2D eigenvalue weighted by atomic mass is 10.2. The zero-order valence-electron chi connectivity index (χ0n) is 7.88. The van der Waals surface area contributed by atoms with Gasteiger partial charge in [-0.1, -0.05) is 11.6 Å². The van der Waals surface area contributed by atoms with Crippen molar-refractivity contribution in [2.75, 3.05) is 6.61 Å². The van der Waals surface area contributed by atoms with Crippen molar-refractivity contribution < 1.29 is 4.74 Å². The molecule has 13 heavy (non-hydrogen) atoms. The molecule has 2 nitrogen and oxygen atoms in total. The first-order valence-electron chi connectivity index (χ1n) is 4.24. The molecule has 1 aromatic rings. The maximum Gasteiger partial charge on any atom is 0.119 e. The van der Waals surface area contributed by atoms with Crippen molar-refractivity contribution in [3.05, 3.63) is 28.8 Å². The minimum absolute atomic E-state index is 0.0518. The second-order valence-corrected chi connectivity index (χ2v) is 3.61. The Bertz CT molecular complexity index is 286. The van der Waals surface area contributed by atoms with Crippen LogP contribution < -0.4 is 10.5 Å². The molecule has 72 valence electrons. The zero-order valence-corrected chi connectivity index (χ0v) is 8.64. The summed E-state index contributed by atoms with van der Waals surface area (Å²) in [7, 11) is 0. The van der Waals surface area contributed by atoms with Gasteiger partial charge in [-0.3, -0.25) is 0 Å². The van der Waals surface area contributed by atoms with E-state index >= 15 is 0 Å². The van der Waals surface area contributed by atoms with Crippen LogP contribution in [-0.4, -0.2) is 12.6 Å². The highest BCUT2D eigenvalue weighted by molar-refractivity contribution is 6.31. The van der Waals surface area contributed by atoms with E-state index in [0.717, 1.165) is 16.3 Å². The Hall–Kier alpha value is -0.730. The molecule has 0 aromatic heterocycles. The van der Waals surface area contributed by atoms with Gasteiger partial charge in [-0.25, -0.2) is 0 Å². The second kappa shape index (κ2) is 4.49. The third kappa shape index (κ3) is 3.25. The molecule has 1 atom stereocenters. The van der Waals surface area contributed by atoms with Crippen LogP contribution in [0.3, 0.4) is 0 Å². The first-order valence-corrected chi connectivity index (χ1v) is 4.62. The van der Waals surface area contributed by atoms with Gasteiger partial charge in [0, 0.05) is 11.1 Å². The summed E-state index contributed by atoms with van der Waals surface area (Å²) in [5, 5.41) is 0.758. The van der Waals surface area contributed by atoms with Gasteiger partial charge in [0.15, 0.2) is 0 Å². The van der Waals surface area contributed by atoms with Gasteiger partial charge in [-0.2, -0.15) is 0 Å². The van der Waals surface area contributed by atoms with Gasteiger partial charge in [0.05, 0.1) is 0 Å². The van der Waals surface area contributed by atoms with E-state index in [2.05, 4.69) is 0 Å². The summed E-state index contributed by atoms with van der Waals surface area (Å²) in [4.78, 5) is 0. The van der Waals surface area contributed by atoms with Crippen LogP contribution in [0.5, 0.6) is 5.75 Å². The van der Waals surface area contributed by atoms with Crippen LogP contribution in [0.25, 0.3) is 0 Å². The first kappa shape index (κ1) is 10.4. The summed E-state index contributed by atoms with van der Waals surface area (Å²) in [6.45, 7) is 4.38. The van der Waals surface area contributed by atoms with Crippen molar-refractivity contribution >= 4 is 11.6 Å². The molecule has 0 bridgehead atoms. The van der Waals surface area contributed by atoms with E-state index in [1.807, 2.05) is 32.0 Å². The van der Waals surface area contributed by atoms with Gasteiger partial charge in [-0.15, -0.1) is 0 Å². The lowest BCUT2D eigenvalue weighted by Crippen LogP contribution is -2.23. The normalized spacial score (nSPS) is 12.6. The number of ether oxygens (including phenoxy) is 1. The Morgan fingerprint density at radius 2 is 2.23 bits per heavy atom. The van der Waals surface area contributed by atoms with E-state index in [1.165, 1.54) is 0 Å². The highest BCUT2D eigenvalue weighted by Gasteiger charge is 1.99. The molecule has 0 heterocycles. The van der Waals surface area contributed by atoms with Crippen LogP contribution in [-0.2, 0) is 0 Å². The fourth-order valence-corrected chi connectivity index (χ4v) is 1.05. The molecule has 0 spiro atoms. The number of aryl methyl sites for hydroxylation is 1. The molecule has 0 amide bonds. The maximum absolute atomic E-state index is 5.86. The summed E-state index contributed by atoms with van der Waals surface area (Å²) in [6.07, 6.45) is 0. The highest BCUT2D eigenvalue weighted by Crippen LogP contribution is 2.20. The van der Waals surface area contributed by atoms with Crippen LogP contribution in [0.15, 0.2) is 18.2 Å². The van der Waals surface area contributed by atoms with E-state index in [0.29, 0.717) is 6.61 Å². The largest absolute Gasteiger partial charge is 0.492 e. The van der Waals surface area contributed by atoms with Crippen LogP contribution in [0.1, 0.15) is 12.5 Å². The summed E-state index contributed by atoms with van der Waals surface area (Å²) >= 11 is 5.86. The molecular weight excluding hydrogens is 186 g/mol. The molecule has 1 rings (SSSR count). The number of hydrogen-bond donors (Lipinski definition) is 1. The smallest absolute Gasteiger partial charge is 0.119 e. The third-order valence-corrected chi connectivity index (χ3v) is 2.07. The predicted octanol–water partition coefficient (Wildman–Crippen LogP) is 2.37. The van der Waals surface area contributed by atoms with Gasteiger partial charge in [0.1, 0.15) is 12.4 Å². The second-order valence-electron chi connectivity index (χ2n) is 3.20. The minimum Gasteiger partial charge on any atom is -0.492 e. The topological polar surface area (TPSA) is 35.2 Å². The maximum atomic E-state index is 5.86. The molecule has 0 aliphatic rings. The number of benzene rings is 1. The van der Waals surface area contributed by atoms with Crippen molar-refractivity contribution in [1.29, 1.82) is 0 Å². The summed E-state index contributed by atoms with van der Waals surface area (Å²) in [6, 6.07) is 5.63. The highest BCUT2D eigenvalue weighted by atomic mass is 35.5. The summed E-state index contributed by atoms with van der Waals surface area (Å²) < 4.78 is 5.42. The number of halogens is 1. The molecule has 0 fully saturated rings. The van der Waals surface area contributed by atoms with Crippen molar-refractivity contribution in [2.24, 2.45) is 5.73 Å². The van der Waals surface area contributed by atoms with Crippen molar-refractivity contribution in [3.63, 3.8) is 0 Å². The van der Waals surface area contributed by atoms with Crippen LogP contribution in [0, 0.1) is 6.92 Å².